The van der Waals surface area contributed by atoms with E-state index in [1.54, 1.807) is 7.11 Å². The van der Waals surface area contributed by atoms with Gasteiger partial charge in [-0.2, -0.15) is 5.10 Å². The monoisotopic (exact) mass is 246 g/mol. The quantitative estimate of drug-likeness (QED) is 0.793. The zero-order valence-electron chi connectivity index (χ0n) is 10.1. The van der Waals surface area contributed by atoms with Crippen molar-refractivity contribution in [2.75, 3.05) is 25.3 Å². The number of hydrazone groups is 1. The van der Waals surface area contributed by atoms with Gasteiger partial charge in [-0.3, -0.25) is 4.79 Å². The Hall–Kier alpha value is -1.88. The van der Waals surface area contributed by atoms with E-state index >= 15 is 0 Å². The second-order valence-corrected chi connectivity index (χ2v) is 4.32. The Morgan fingerprint density at radius 3 is 2.83 bits per heavy atom. The van der Waals surface area contributed by atoms with E-state index in [4.69, 9.17) is 9.47 Å². The maximum absolute atomic E-state index is 12.2. The van der Waals surface area contributed by atoms with Crippen LogP contribution in [-0.4, -0.2) is 31.9 Å². The van der Waals surface area contributed by atoms with Crippen LogP contribution in [0, 0.1) is 5.92 Å². The van der Waals surface area contributed by atoms with Crippen LogP contribution in [0.3, 0.4) is 0 Å². The van der Waals surface area contributed by atoms with Crippen LogP contribution < -0.4 is 9.75 Å². The SMILES string of the molecule is COc1ccc(N2N=C3CCOCC3C2=O)cc1. The van der Waals surface area contributed by atoms with Crippen molar-refractivity contribution in [3.63, 3.8) is 0 Å². The number of amides is 1. The Balaban J connectivity index is 1.87. The second kappa shape index (κ2) is 4.42. The van der Waals surface area contributed by atoms with Crippen LogP contribution in [0.5, 0.6) is 5.75 Å². The Bertz CT molecular complexity index is 495. The zero-order valence-corrected chi connectivity index (χ0v) is 10.1. The van der Waals surface area contributed by atoms with Gasteiger partial charge >= 0.3 is 0 Å². The minimum atomic E-state index is -0.194. The van der Waals surface area contributed by atoms with E-state index in [0.717, 1.165) is 23.6 Å². The lowest BCUT2D eigenvalue weighted by molar-refractivity contribution is -0.121. The molecule has 3 rings (SSSR count). The average molecular weight is 246 g/mol. The molecule has 94 valence electrons. The number of methoxy groups -OCH3 is 1. The van der Waals surface area contributed by atoms with Gasteiger partial charge in [0.15, 0.2) is 0 Å². The van der Waals surface area contributed by atoms with Crippen LogP contribution in [0.4, 0.5) is 5.69 Å². The molecule has 0 radical (unpaired) electrons. The van der Waals surface area contributed by atoms with E-state index in [0.29, 0.717) is 13.2 Å². The van der Waals surface area contributed by atoms with E-state index < -0.39 is 0 Å². The fraction of sp³-hybridized carbons (Fsp3) is 0.385. The molecule has 0 aromatic heterocycles. The Morgan fingerprint density at radius 1 is 1.39 bits per heavy atom. The van der Waals surface area contributed by atoms with Gasteiger partial charge < -0.3 is 9.47 Å². The van der Waals surface area contributed by atoms with Gasteiger partial charge in [0.05, 0.1) is 31.7 Å². The number of rotatable bonds is 2. The summed E-state index contributed by atoms with van der Waals surface area (Å²) in [7, 11) is 1.61. The van der Waals surface area contributed by atoms with Gasteiger partial charge in [-0.15, -0.1) is 0 Å². The van der Waals surface area contributed by atoms with Crippen LogP contribution in [0.25, 0.3) is 0 Å². The molecule has 2 aliphatic heterocycles. The van der Waals surface area contributed by atoms with E-state index in [1.807, 2.05) is 24.3 Å². The fourth-order valence-electron chi connectivity index (χ4n) is 2.22. The lowest BCUT2D eigenvalue weighted by Gasteiger charge is -2.17. The summed E-state index contributed by atoms with van der Waals surface area (Å²) < 4.78 is 10.4. The zero-order chi connectivity index (χ0) is 12.5. The van der Waals surface area contributed by atoms with Gasteiger partial charge in [0.25, 0.3) is 5.91 Å². The molecule has 2 heterocycles. The molecular weight excluding hydrogens is 232 g/mol. The third-order valence-corrected chi connectivity index (χ3v) is 3.24. The molecule has 0 saturated carbocycles. The van der Waals surface area contributed by atoms with Crippen LogP contribution in [0.2, 0.25) is 0 Å². The maximum Gasteiger partial charge on any atom is 0.258 e. The summed E-state index contributed by atoms with van der Waals surface area (Å²) in [5, 5.41) is 5.86. The molecule has 1 saturated heterocycles. The Morgan fingerprint density at radius 2 is 2.17 bits per heavy atom. The predicted molar refractivity (Wildman–Crippen MR) is 66.8 cm³/mol. The summed E-state index contributed by atoms with van der Waals surface area (Å²) >= 11 is 0. The smallest absolute Gasteiger partial charge is 0.258 e. The average Bonchev–Trinajstić information content (AvgIpc) is 2.77. The first-order valence-electron chi connectivity index (χ1n) is 5.93. The standard InChI is InChI=1S/C13H14N2O3/c1-17-10-4-2-9(3-5-10)15-13(16)11-8-18-7-6-12(11)14-15/h2-5,11H,6-8H2,1H3. The topological polar surface area (TPSA) is 51.1 Å². The van der Waals surface area contributed by atoms with Crippen molar-refractivity contribution in [3.8, 4) is 5.75 Å². The Labute approximate surface area is 105 Å². The molecule has 0 aliphatic carbocycles. The van der Waals surface area contributed by atoms with Crippen molar-refractivity contribution in [2.24, 2.45) is 11.0 Å². The van der Waals surface area contributed by atoms with Crippen LogP contribution in [0.15, 0.2) is 29.4 Å². The van der Waals surface area contributed by atoms with Crippen molar-refractivity contribution in [1.82, 2.24) is 0 Å². The Kier molecular flexibility index (Phi) is 2.76. The highest BCUT2D eigenvalue weighted by Gasteiger charge is 2.38. The van der Waals surface area contributed by atoms with Gasteiger partial charge in [0.1, 0.15) is 11.7 Å². The molecule has 2 aliphatic rings. The number of ether oxygens (including phenoxy) is 2. The van der Waals surface area contributed by atoms with Gasteiger partial charge in [0, 0.05) is 6.42 Å². The summed E-state index contributed by atoms with van der Waals surface area (Å²) in [4.78, 5) is 12.2. The highest BCUT2D eigenvalue weighted by molar-refractivity contribution is 6.15. The van der Waals surface area contributed by atoms with Gasteiger partial charge in [-0.05, 0) is 24.3 Å². The number of anilines is 1. The summed E-state index contributed by atoms with van der Waals surface area (Å²) in [6.07, 6.45) is 0.739. The van der Waals surface area contributed by atoms with E-state index in [1.165, 1.54) is 5.01 Å². The number of carbonyl (C=O) groups is 1. The minimum Gasteiger partial charge on any atom is -0.497 e. The molecule has 1 aromatic carbocycles. The minimum absolute atomic E-state index is 0.00475. The third-order valence-electron chi connectivity index (χ3n) is 3.24. The first kappa shape index (κ1) is 11.2. The highest BCUT2D eigenvalue weighted by Crippen LogP contribution is 2.28. The molecule has 0 N–H and O–H groups in total. The predicted octanol–water partition coefficient (Wildman–Crippen LogP) is 1.43. The first-order chi connectivity index (χ1) is 8.79. The van der Waals surface area contributed by atoms with Crippen LogP contribution in [0.1, 0.15) is 6.42 Å². The number of carbonyl (C=O) groups excluding carboxylic acids is 1. The highest BCUT2D eigenvalue weighted by atomic mass is 16.5. The van der Waals surface area contributed by atoms with Gasteiger partial charge in [-0.25, -0.2) is 5.01 Å². The van der Waals surface area contributed by atoms with Crippen LogP contribution >= 0.6 is 0 Å². The van der Waals surface area contributed by atoms with E-state index in [2.05, 4.69) is 5.10 Å². The third kappa shape index (κ3) is 1.76. The molecule has 1 atom stereocenters. The normalized spacial score (nSPS) is 22.7. The lowest BCUT2D eigenvalue weighted by Crippen LogP contribution is -2.33. The number of fused-ring (bicyclic) bond motifs is 1. The van der Waals surface area contributed by atoms with E-state index in [-0.39, 0.29) is 11.8 Å². The number of hydrogen-bond acceptors (Lipinski definition) is 4. The first-order valence-corrected chi connectivity index (χ1v) is 5.93. The molecule has 1 fully saturated rings. The van der Waals surface area contributed by atoms with Crippen LogP contribution in [-0.2, 0) is 9.53 Å². The fourth-order valence-corrected chi connectivity index (χ4v) is 2.22. The lowest BCUT2D eigenvalue weighted by atomic mass is 10.0. The second-order valence-electron chi connectivity index (χ2n) is 4.32. The molecule has 1 unspecified atom stereocenters. The molecular formula is C13H14N2O3. The molecule has 0 spiro atoms. The van der Waals surface area contributed by atoms with Crippen molar-refractivity contribution >= 4 is 17.3 Å². The number of hydrogen-bond donors (Lipinski definition) is 0. The number of benzene rings is 1. The van der Waals surface area contributed by atoms with Crippen molar-refractivity contribution in [1.29, 1.82) is 0 Å². The maximum atomic E-state index is 12.2. The molecule has 1 amide bonds. The summed E-state index contributed by atoms with van der Waals surface area (Å²) in [5.74, 6) is 0.564. The molecule has 18 heavy (non-hydrogen) atoms. The van der Waals surface area contributed by atoms with E-state index in [9.17, 15) is 4.79 Å². The summed E-state index contributed by atoms with van der Waals surface area (Å²) in [5.41, 5.74) is 1.70. The molecule has 1 aromatic rings. The number of nitrogens with zero attached hydrogens (tertiary/aromatic N) is 2. The van der Waals surface area contributed by atoms with Crippen molar-refractivity contribution in [2.45, 2.75) is 6.42 Å². The summed E-state index contributed by atoms with van der Waals surface area (Å²) in [6, 6.07) is 7.31. The molecule has 0 bridgehead atoms. The van der Waals surface area contributed by atoms with Gasteiger partial charge in [-0.1, -0.05) is 0 Å². The largest absolute Gasteiger partial charge is 0.497 e. The van der Waals surface area contributed by atoms with Crippen molar-refractivity contribution in [3.05, 3.63) is 24.3 Å². The van der Waals surface area contributed by atoms with Crippen molar-refractivity contribution < 1.29 is 14.3 Å². The summed E-state index contributed by atoms with van der Waals surface area (Å²) in [6.45, 7) is 1.10. The molecule has 5 heteroatoms. The van der Waals surface area contributed by atoms with Gasteiger partial charge in [0.2, 0.25) is 0 Å². The molecule has 5 nitrogen and oxygen atoms in total.